The van der Waals surface area contributed by atoms with E-state index in [1.807, 2.05) is 19.9 Å². The third-order valence-corrected chi connectivity index (χ3v) is 2.27. The molecule has 0 aromatic heterocycles. The lowest BCUT2D eigenvalue weighted by Crippen LogP contribution is -2.37. The van der Waals surface area contributed by atoms with E-state index in [1.165, 1.54) is 6.07 Å². The van der Waals surface area contributed by atoms with Gasteiger partial charge in [0.2, 0.25) is 0 Å². The normalized spacial score (nSPS) is 14.9. The molecular formula is C12H18FNO. The van der Waals surface area contributed by atoms with Crippen molar-refractivity contribution in [3.63, 3.8) is 0 Å². The molecule has 1 aromatic rings. The molecule has 2 atom stereocenters. The van der Waals surface area contributed by atoms with Gasteiger partial charge >= 0.3 is 0 Å². The summed E-state index contributed by atoms with van der Waals surface area (Å²) in [4.78, 5) is 0. The van der Waals surface area contributed by atoms with E-state index >= 15 is 0 Å². The van der Waals surface area contributed by atoms with Crippen molar-refractivity contribution in [3.05, 3.63) is 35.6 Å². The Kier molecular flexibility index (Phi) is 4.72. The predicted octanol–water partition coefficient (Wildman–Crippen LogP) is 1.73. The zero-order valence-electron chi connectivity index (χ0n) is 9.20. The third-order valence-electron chi connectivity index (χ3n) is 2.27. The smallest absolute Gasteiger partial charge is 0.123 e. The topological polar surface area (TPSA) is 32.3 Å². The highest BCUT2D eigenvalue weighted by Crippen LogP contribution is 2.06. The Labute approximate surface area is 90.1 Å². The van der Waals surface area contributed by atoms with E-state index in [1.54, 1.807) is 12.1 Å². The van der Waals surface area contributed by atoms with Crippen LogP contribution in [0.3, 0.4) is 0 Å². The lowest BCUT2D eigenvalue weighted by Gasteiger charge is -2.18. The first-order valence-electron chi connectivity index (χ1n) is 5.23. The first-order chi connectivity index (χ1) is 7.11. The standard InChI is InChI=1S/C12H18FNO/c1-9(14-10(2)8-15)6-11-4-3-5-12(13)7-11/h3-5,7,9-10,14-15H,6,8H2,1-2H3. The molecule has 0 aliphatic heterocycles. The van der Waals surface area contributed by atoms with Crippen LogP contribution in [-0.2, 0) is 6.42 Å². The van der Waals surface area contributed by atoms with Gasteiger partial charge in [0.05, 0.1) is 6.61 Å². The minimum Gasteiger partial charge on any atom is -0.395 e. The second-order valence-corrected chi connectivity index (χ2v) is 3.99. The van der Waals surface area contributed by atoms with Gasteiger partial charge in [-0.2, -0.15) is 0 Å². The molecule has 2 unspecified atom stereocenters. The minimum absolute atomic E-state index is 0.0774. The monoisotopic (exact) mass is 211 g/mol. The Hall–Kier alpha value is -0.930. The number of hydrogen-bond acceptors (Lipinski definition) is 2. The first-order valence-corrected chi connectivity index (χ1v) is 5.23. The number of aliphatic hydroxyl groups is 1. The molecule has 0 heterocycles. The zero-order valence-corrected chi connectivity index (χ0v) is 9.20. The van der Waals surface area contributed by atoms with Gasteiger partial charge in [-0.3, -0.25) is 0 Å². The Balaban J connectivity index is 2.47. The molecule has 15 heavy (non-hydrogen) atoms. The number of benzene rings is 1. The summed E-state index contributed by atoms with van der Waals surface area (Å²) in [7, 11) is 0. The summed E-state index contributed by atoms with van der Waals surface area (Å²) in [5.74, 6) is -0.199. The van der Waals surface area contributed by atoms with Crippen molar-refractivity contribution in [2.75, 3.05) is 6.61 Å². The Bertz CT molecular complexity index is 303. The van der Waals surface area contributed by atoms with Gasteiger partial charge in [0.1, 0.15) is 5.82 Å². The molecule has 0 bridgehead atoms. The Morgan fingerprint density at radius 1 is 1.33 bits per heavy atom. The van der Waals surface area contributed by atoms with Crippen LogP contribution in [0.15, 0.2) is 24.3 Å². The second kappa shape index (κ2) is 5.83. The van der Waals surface area contributed by atoms with Crippen LogP contribution in [-0.4, -0.2) is 23.8 Å². The Morgan fingerprint density at radius 3 is 2.67 bits per heavy atom. The van der Waals surface area contributed by atoms with Crippen LogP contribution in [0.5, 0.6) is 0 Å². The van der Waals surface area contributed by atoms with Crippen molar-refractivity contribution in [2.24, 2.45) is 0 Å². The van der Waals surface area contributed by atoms with Gasteiger partial charge in [0.25, 0.3) is 0 Å². The van der Waals surface area contributed by atoms with Crippen LogP contribution in [0.4, 0.5) is 4.39 Å². The predicted molar refractivity (Wildman–Crippen MR) is 59.2 cm³/mol. The highest BCUT2D eigenvalue weighted by atomic mass is 19.1. The van der Waals surface area contributed by atoms with Gasteiger partial charge in [0.15, 0.2) is 0 Å². The van der Waals surface area contributed by atoms with E-state index in [4.69, 9.17) is 5.11 Å². The van der Waals surface area contributed by atoms with Gasteiger partial charge in [0, 0.05) is 12.1 Å². The van der Waals surface area contributed by atoms with Crippen LogP contribution >= 0.6 is 0 Å². The fraction of sp³-hybridized carbons (Fsp3) is 0.500. The number of rotatable bonds is 5. The van der Waals surface area contributed by atoms with Gasteiger partial charge in [-0.1, -0.05) is 12.1 Å². The summed E-state index contributed by atoms with van der Waals surface area (Å²) in [6, 6.07) is 6.92. The fourth-order valence-electron chi connectivity index (χ4n) is 1.61. The summed E-state index contributed by atoms with van der Waals surface area (Å²) in [5, 5.41) is 12.1. The molecule has 0 spiro atoms. The maximum Gasteiger partial charge on any atom is 0.123 e. The van der Waals surface area contributed by atoms with Crippen LogP contribution in [0, 0.1) is 5.82 Å². The van der Waals surface area contributed by atoms with Gasteiger partial charge in [-0.25, -0.2) is 4.39 Å². The molecule has 0 radical (unpaired) electrons. The second-order valence-electron chi connectivity index (χ2n) is 3.99. The number of aliphatic hydroxyl groups excluding tert-OH is 1. The zero-order chi connectivity index (χ0) is 11.3. The summed E-state index contributed by atoms with van der Waals surface area (Å²) in [6.45, 7) is 4.06. The largest absolute Gasteiger partial charge is 0.395 e. The summed E-state index contributed by atoms with van der Waals surface area (Å²) in [6.07, 6.45) is 0.766. The lowest BCUT2D eigenvalue weighted by molar-refractivity contribution is 0.242. The van der Waals surface area contributed by atoms with Gasteiger partial charge in [-0.15, -0.1) is 0 Å². The lowest BCUT2D eigenvalue weighted by atomic mass is 10.1. The quantitative estimate of drug-likeness (QED) is 0.777. The minimum atomic E-state index is -0.199. The number of halogens is 1. The molecule has 0 saturated carbocycles. The van der Waals surface area contributed by atoms with E-state index in [2.05, 4.69) is 5.32 Å². The van der Waals surface area contributed by atoms with Crippen LogP contribution in [0.2, 0.25) is 0 Å². The van der Waals surface area contributed by atoms with Crippen molar-refractivity contribution >= 4 is 0 Å². The van der Waals surface area contributed by atoms with Crippen molar-refractivity contribution in [1.29, 1.82) is 0 Å². The van der Waals surface area contributed by atoms with Crippen LogP contribution < -0.4 is 5.32 Å². The molecule has 2 N–H and O–H groups in total. The SMILES string of the molecule is CC(CO)NC(C)Cc1cccc(F)c1. The van der Waals surface area contributed by atoms with E-state index in [-0.39, 0.29) is 24.5 Å². The molecule has 0 aliphatic carbocycles. The van der Waals surface area contributed by atoms with Crippen LogP contribution in [0.25, 0.3) is 0 Å². The molecule has 1 aromatic carbocycles. The number of nitrogens with one attached hydrogen (secondary N) is 1. The van der Waals surface area contributed by atoms with E-state index < -0.39 is 0 Å². The van der Waals surface area contributed by atoms with Crippen LogP contribution in [0.1, 0.15) is 19.4 Å². The molecule has 0 fully saturated rings. The first kappa shape index (κ1) is 12.1. The molecule has 0 saturated heterocycles. The molecule has 0 aliphatic rings. The van der Waals surface area contributed by atoms with Crippen molar-refractivity contribution in [3.8, 4) is 0 Å². The number of hydrogen-bond donors (Lipinski definition) is 2. The third kappa shape index (κ3) is 4.40. The molecular weight excluding hydrogens is 193 g/mol. The van der Waals surface area contributed by atoms with Crippen molar-refractivity contribution in [1.82, 2.24) is 5.32 Å². The highest BCUT2D eigenvalue weighted by Gasteiger charge is 2.07. The summed E-state index contributed by atoms with van der Waals surface area (Å²) < 4.78 is 12.9. The summed E-state index contributed by atoms with van der Waals surface area (Å²) >= 11 is 0. The van der Waals surface area contributed by atoms with Crippen molar-refractivity contribution < 1.29 is 9.50 Å². The van der Waals surface area contributed by atoms with E-state index in [0.717, 1.165) is 12.0 Å². The molecule has 1 rings (SSSR count). The maximum atomic E-state index is 12.9. The van der Waals surface area contributed by atoms with E-state index in [9.17, 15) is 4.39 Å². The molecule has 2 nitrogen and oxygen atoms in total. The molecule has 3 heteroatoms. The Morgan fingerprint density at radius 2 is 2.07 bits per heavy atom. The molecule has 84 valence electrons. The molecule has 0 amide bonds. The van der Waals surface area contributed by atoms with Crippen molar-refractivity contribution in [2.45, 2.75) is 32.4 Å². The highest BCUT2D eigenvalue weighted by molar-refractivity contribution is 5.17. The summed E-state index contributed by atoms with van der Waals surface area (Å²) in [5.41, 5.74) is 0.972. The average Bonchev–Trinajstić information content (AvgIpc) is 2.17. The maximum absolute atomic E-state index is 12.9. The fourth-order valence-corrected chi connectivity index (χ4v) is 1.61. The van der Waals surface area contributed by atoms with E-state index in [0.29, 0.717) is 0 Å². The average molecular weight is 211 g/mol. The van der Waals surface area contributed by atoms with Gasteiger partial charge < -0.3 is 10.4 Å². The van der Waals surface area contributed by atoms with Gasteiger partial charge in [-0.05, 0) is 38.0 Å².